The molecule has 1 amide bonds. The first kappa shape index (κ1) is 15.8. The lowest BCUT2D eigenvalue weighted by atomic mass is 10.1. The van der Waals surface area contributed by atoms with Gasteiger partial charge in [0, 0.05) is 11.6 Å². The van der Waals surface area contributed by atoms with Crippen LogP contribution >= 0.6 is 15.9 Å². The molecule has 0 aromatic heterocycles. The Bertz CT molecular complexity index is 423. The van der Waals surface area contributed by atoms with Gasteiger partial charge in [0.1, 0.15) is 16.0 Å². The molecule has 1 atom stereocenters. The number of hydrogen-bond acceptors (Lipinski definition) is 3. The number of carbonyl (C=O) groups excluding carboxylic acids is 1. The van der Waals surface area contributed by atoms with Crippen molar-refractivity contribution in [2.24, 2.45) is 0 Å². The second kappa shape index (κ2) is 7.38. The van der Waals surface area contributed by atoms with Crippen LogP contribution in [0.15, 0.2) is 16.6 Å². The Morgan fingerprint density at radius 1 is 1.32 bits per heavy atom. The van der Waals surface area contributed by atoms with E-state index in [0.717, 1.165) is 12.8 Å². The molecule has 1 unspecified atom stereocenters. The summed E-state index contributed by atoms with van der Waals surface area (Å²) in [6.07, 6.45) is 1.99. The molecule has 4 nitrogen and oxygen atoms in total. The van der Waals surface area contributed by atoms with Crippen LogP contribution in [0.5, 0.6) is 11.5 Å². The molecule has 0 aliphatic carbocycles. The Morgan fingerprint density at radius 2 is 1.84 bits per heavy atom. The van der Waals surface area contributed by atoms with E-state index in [4.69, 9.17) is 9.47 Å². The Morgan fingerprint density at radius 3 is 2.26 bits per heavy atom. The number of rotatable bonds is 6. The van der Waals surface area contributed by atoms with Crippen LogP contribution in [0.25, 0.3) is 0 Å². The van der Waals surface area contributed by atoms with Gasteiger partial charge in [0.25, 0.3) is 5.91 Å². The highest BCUT2D eigenvalue weighted by atomic mass is 79.9. The average molecular weight is 330 g/mol. The Hall–Kier alpha value is -1.23. The molecule has 0 radical (unpaired) electrons. The number of benzene rings is 1. The fourth-order valence-corrected chi connectivity index (χ4v) is 2.37. The fraction of sp³-hybridized carbons (Fsp3) is 0.500. The van der Waals surface area contributed by atoms with E-state index >= 15 is 0 Å². The minimum absolute atomic E-state index is 0.120. The maximum atomic E-state index is 12.1. The molecule has 0 spiro atoms. The van der Waals surface area contributed by atoms with Crippen LogP contribution in [0.3, 0.4) is 0 Å². The van der Waals surface area contributed by atoms with E-state index < -0.39 is 0 Å². The van der Waals surface area contributed by atoms with E-state index in [1.54, 1.807) is 26.4 Å². The minimum atomic E-state index is -0.120. The average Bonchev–Trinajstić information content (AvgIpc) is 2.39. The maximum Gasteiger partial charge on any atom is 0.251 e. The fourth-order valence-electron chi connectivity index (χ4n) is 1.81. The van der Waals surface area contributed by atoms with Crippen LogP contribution in [0, 0.1) is 0 Å². The normalized spacial score (nSPS) is 11.8. The number of hydrogen-bond donors (Lipinski definition) is 1. The summed E-state index contributed by atoms with van der Waals surface area (Å²) in [5, 5.41) is 2.95. The molecular weight excluding hydrogens is 310 g/mol. The van der Waals surface area contributed by atoms with E-state index in [-0.39, 0.29) is 11.9 Å². The van der Waals surface area contributed by atoms with E-state index in [0.29, 0.717) is 21.5 Å². The van der Waals surface area contributed by atoms with Crippen LogP contribution in [-0.4, -0.2) is 26.2 Å². The summed E-state index contributed by atoms with van der Waals surface area (Å²) < 4.78 is 11.2. The lowest BCUT2D eigenvalue weighted by Crippen LogP contribution is -2.32. The van der Waals surface area contributed by atoms with Crippen molar-refractivity contribution in [1.29, 1.82) is 0 Å². The monoisotopic (exact) mass is 329 g/mol. The molecule has 0 fully saturated rings. The molecule has 0 saturated carbocycles. The van der Waals surface area contributed by atoms with Gasteiger partial charge in [0.2, 0.25) is 0 Å². The lowest BCUT2D eigenvalue weighted by Gasteiger charge is -2.15. The van der Waals surface area contributed by atoms with Crippen molar-refractivity contribution < 1.29 is 14.3 Å². The van der Waals surface area contributed by atoms with Crippen LogP contribution in [0.2, 0.25) is 0 Å². The standard InChI is InChI=1S/C14H20BrNO3/c1-5-6-9(2)16-14(17)10-7-11(18-3)13(15)12(8-10)19-4/h7-9H,5-6H2,1-4H3,(H,16,17). The third-order valence-corrected chi connectivity index (χ3v) is 3.59. The molecule has 19 heavy (non-hydrogen) atoms. The van der Waals surface area contributed by atoms with Gasteiger partial charge in [-0.25, -0.2) is 0 Å². The molecular formula is C14H20BrNO3. The zero-order valence-corrected chi connectivity index (χ0v) is 13.3. The first-order valence-electron chi connectivity index (χ1n) is 6.25. The number of nitrogens with one attached hydrogen (secondary N) is 1. The molecule has 0 saturated heterocycles. The van der Waals surface area contributed by atoms with Crippen molar-refractivity contribution in [3.63, 3.8) is 0 Å². The first-order chi connectivity index (χ1) is 9.03. The predicted molar refractivity (Wildman–Crippen MR) is 79.1 cm³/mol. The van der Waals surface area contributed by atoms with Gasteiger partial charge < -0.3 is 14.8 Å². The second-order valence-corrected chi connectivity index (χ2v) is 5.15. The molecule has 0 aliphatic heterocycles. The van der Waals surface area contributed by atoms with Gasteiger partial charge in [-0.05, 0) is 41.4 Å². The number of halogens is 1. The highest BCUT2D eigenvalue weighted by molar-refractivity contribution is 9.10. The topological polar surface area (TPSA) is 47.6 Å². The van der Waals surface area contributed by atoms with Crippen molar-refractivity contribution in [1.82, 2.24) is 5.32 Å². The van der Waals surface area contributed by atoms with Gasteiger partial charge in [-0.3, -0.25) is 4.79 Å². The molecule has 106 valence electrons. The highest BCUT2D eigenvalue weighted by Gasteiger charge is 2.15. The SMILES string of the molecule is CCCC(C)NC(=O)c1cc(OC)c(Br)c(OC)c1. The third kappa shape index (κ3) is 4.13. The van der Waals surface area contributed by atoms with Gasteiger partial charge in [-0.1, -0.05) is 13.3 Å². The molecule has 0 bridgehead atoms. The molecule has 0 heterocycles. The summed E-state index contributed by atoms with van der Waals surface area (Å²) in [5.41, 5.74) is 0.528. The first-order valence-corrected chi connectivity index (χ1v) is 7.05. The molecule has 1 aromatic rings. The van der Waals surface area contributed by atoms with Gasteiger partial charge >= 0.3 is 0 Å². The predicted octanol–water partition coefficient (Wildman–Crippen LogP) is 3.38. The largest absolute Gasteiger partial charge is 0.495 e. The molecule has 1 aromatic carbocycles. The van der Waals surface area contributed by atoms with Crippen LogP contribution in [0.1, 0.15) is 37.0 Å². The molecule has 1 N–H and O–H groups in total. The Labute approximate surface area is 122 Å². The minimum Gasteiger partial charge on any atom is -0.495 e. The molecule has 1 rings (SSSR count). The van der Waals surface area contributed by atoms with Crippen molar-refractivity contribution >= 4 is 21.8 Å². The Kier molecular flexibility index (Phi) is 6.15. The van der Waals surface area contributed by atoms with Crippen molar-refractivity contribution in [2.75, 3.05) is 14.2 Å². The number of ether oxygens (including phenoxy) is 2. The summed E-state index contributed by atoms with van der Waals surface area (Å²) in [7, 11) is 3.11. The molecule has 0 aliphatic rings. The van der Waals surface area contributed by atoms with Crippen LogP contribution in [0.4, 0.5) is 0 Å². The quantitative estimate of drug-likeness (QED) is 0.870. The number of carbonyl (C=O) groups is 1. The number of amides is 1. The zero-order chi connectivity index (χ0) is 14.4. The number of methoxy groups -OCH3 is 2. The molecule has 5 heteroatoms. The van der Waals surface area contributed by atoms with E-state index in [9.17, 15) is 4.79 Å². The summed E-state index contributed by atoms with van der Waals surface area (Å²) in [6, 6.07) is 3.54. The van der Waals surface area contributed by atoms with Crippen LogP contribution in [-0.2, 0) is 0 Å². The third-order valence-electron chi connectivity index (χ3n) is 2.81. The summed E-state index contributed by atoms with van der Waals surface area (Å²) in [6.45, 7) is 4.09. The van der Waals surface area contributed by atoms with Crippen molar-refractivity contribution in [3.05, 3.63) is 22.2 Å². The Balaban J connectivity index is 2.97. The summed E-state index contributed by atoms with van der Waals surface area (Å²) in [5.74, 6) is 1.03. The second-order valence-electron chi connectivity index (χ2n) is 4.36. The van der Waals surface area contributed by atoms with Gasteiger partial charge in [0.15, 0.2) is 0 Å². The van der Waals surface area contributed by atoms with Crippen molar-refractivity contribution in [3.8, 4) is 11.5 Å². The lowest BCUT2D eigenvalue weighted by molar-refractivity contribution is 0.0937. The summed E-state index contributed by atoms with van der Waals surface area (Å²) in [4.78, 5) is 12.1. The van der Waals surface area contributed by atoms with Crippen molar-refractivity contribution in [2.45, 2.75) is 32.7 Å². The van der Waals surface area contributed by atoms with Gasteiger partial charge in [0.05, 0.1) is 14.2 Å². The van der Waals surface area contributed by atoms with E-state index in [1.165, 1.54) is 0 Å². The van der Waals surface area contributed by atoms with Gasteiger partial charge in [-0.2, -0.15) is 0 Å². The van der Waals surface area contributed by atoms with E-state index in [1.807, 2.05) is 6.92 Å². The smallest absolute Gasteiger partial charge is 0.251 e. The van der Waals surface area contributed by atoms with E-state index in [2.05, 4.69) is 28.2 Å². The summed E-state index contributed by atoms with van der Waals surface area (Å²) >= 11 is 3.38. The zero-order valence-electron chi connectivity index (χ0n) is 11.7. The van der Waals surface area contributed by atoms with Crippen LogP contribution < -0.4 is 14.8 Å². The maximum absolute atomic E-state index is 12.1. The highest BCUT2D eigenvalue weighted by Crippen LogP contribution is 2.35. The van der Waals surface area contributed by atoms with Gasteiger partial charge in [-0.15, -0.1) is 0 Å².